The Morgan fingerprint density at radius 3 is 2.62 bits per heavy atom. The summed E-state index contributed by atoms with van der Waals surface area (Å²) in [5.74, 6) is 0. The summed E-state index contributed by atoms with van der Waals surface area (Å²) in [5, 5.41) is 0.844. The van der Waals surface area contributed by atoms with E-state index in [0.29, 0.717) is 6.04 Å². The number of hydrogen-bond acceptors (Lipinski definition) is 3. The van der Waals surface area contributed by atoms with Crippen LogP contribution in [-0.2, 0) is 6.42 Å². The second-order valence-corrected chi connectivity index (χ2v) is 6.70. The zero-order chi connectivity index (χ0) is 15.4. The second kappa shape index (κ2) is 7.48. The van der Waals surface area contributed by atoms with Crippen LogP contribution >= 0.6 is 11.6 Å². The Hall–Kier alpha value is -0.770. The average Bonchev–Trinajstić information content (AvgIpc) is 2.49. The van der Waals surface area contributed by atoms with Gasteiger partial charge in [0.25, 0.3) is 0 Å². The number of anilines is 1. The van der Waals surface area contributed by atoms with Crippen LogP contribution in [0.3, 0.4) is 0 Å². The lowest BCUT2D eigenvalue weighted by molar-refractivity contribution is 0.253. The zero-order valence-electron chi connectivity index (χ0n) is 13.5. The Morgan fingerprint density at radius 1 is 1.38 bits per heavy atom. The summed E-state index contributed by atoms with van der Waals surface area (Å²) in [6.07, 6.45) is 4.27. The minimum atomic E-state index is 0.194. The first-order valence-electron chi connectivity index (χ1n) is 7.96. The van der Waals surface area contributed by atoms with E-state index in [1.807, 2.05) is 0 Å². The van der Waals surface area contributed by atoms with Crippen LogP contribution in [-0.4, -0.2) is 44.2 Å². The fourth-order valence-electron chi connectivity index (χ4n) is 2.94. The van der Waals surface area contributed by atoms with Gasteiger partial charge in [-0.1, -0.05) is 24.6 Å². The topological polar surface area (TPSA) is 32.5 Å². The third-order valence-corrected chi connectivity index (χ3v) is 5.04. The van der Waals surface area contributed by atoms with Crippen molar-refractivity contribution in [3.05, 3.63) is 28.8 Å². The van der Waals surface area contributed by atoms with E-state index >= 15 is 0 Å². The lowest BCUT2D eigenvalue weighted by atomic mass is 10.0. The van der Waals surface area contributed by atoms with Crippen LogP contribution < -0.4 is 10.6 Å². The Morgan fingerprint density at radius 2 is 2.05 bits per heavy atom. The van der Waals surface area contributed by atoms with Gasteiger partial charge in [-0.15, -0.1) is 0 Å². The Kier molecular flexibility index (Phi) is 5.91. The van der Waals surface area contributed by atoms with Crippen LogP contribution in [0.5, 0.6) is 0 Å². The number of benzene rings is 1. The van der Waals surface area contributed by atoms with E-state index in [2.05, 4.69) is 49.0 Å². The lowest BCUT2D eigenvalue weighted by Crippen LogP contribution is -2.42. The van der Waals surface area contributed by atoms with Gasteiger partial charge in [-0.2, -0.15) is 0 Å². The molecule has 118 valence electrons. The molecule has 1 unspecified atom stereocenters. The van der Waals surface area contributed by atoms with Crippen LogP contribution in [0.25, 0.3) is 0 Å². The number of rotatable bonds is 5. The fourth-order valence-corrected chi connectivity index (χ4v) is 3.19. The molecule has 0 aliphatic carbocycles. The molecule has 0 aromatic heterocycles. The van der Waals surface area contributed by atoms with Gasteiger partial charge < -0.3 is 15.5 Å². The monoisotopic (exact) mass is 309 g/mol. The van der Waals surface area contributed by atoms with Crippen molar-refractivity contribution in [2.75, 3.05) is 32.1 Å². The third kappa shape index (κ3) is 4.35. The zero-order valence-corrected chi connectivity index (χ0v) is 14.2. The van der Waals surface area contributed by atoms with Crippen LogP contribution in [0.1, 0.15) is 31.7 Å². The first kappa shape index (κ1) is 16.6. The van der Waals surface area contributed by atoms with Gasteiger partial charge in [0, 0.05) is 29.8 Å². The minimum Gasteiger partial charge on any atom is -0.371 e. The van der Waals surface area contributed by atoms with Gasteiger partial charge in [0.15, 0.2) is 0 Å². The van der Waals surface area contributed by atoms with E-state index in [4.69, 9.17) is 17.3 Å². The van der Waals surface area contributed by atoms with Crippen LogP contribution in [0, 0.1) is 0 Å². The summed E-state index contributed by atoms with van der Waals surface area (Å²) in [6.45, 7) is 4.46. The van der Waals surface area contributed by atoms with Crippen molar-refractivity contribution in [1.82, 2.24) is 4.90 Å². The van der Waals surface area contributed by atoms with Crippen LogP contribution in [0.15, 0.2) is 18.2 Å². The van der Waals surface area contributed by atoms with Crippen molar-refractivity contribution in [3.8, 4) is 0 Å². The molecule has 2 rings (SSSR count). The number of nitrogens with two attached hydrogens (primary N) is 1. The molecule has 1 aromatic rings. The highest BCUT2D eigenvalue weighted by Crippen LogP contribution is 2.27. The van der Waals surface area contributed by atoms with Gasteiger partial charge in [-0.3, -0.25) is 0 Å². The van der Waals surface area contributed by atoms with E-state index in [1.165, 1.54) is 31.6 Å². The van der Waals surface area contributed by atoms with Gasteiger partial charge in [-0.25, -0.2) is 0 Å². The van der Waals surface area contributed by atoms with Crippen molar-refractivity contribution in [2.45, 2.75) is 44.7 Å². The maximum atomic E-state index is 6.45. The summed E-state index contributed by atoms with van der Waals surface area (Å²) in [4.78, 5) is 4.77. The SMILES string of the molecule is CCC(N)Cc1ccc(N(C)C2CCN(C)CC2)cc1Cl. The van der Waals surface area contributed by atoms with E-state index in [0.717, 1.165) is 23.4 Å². The first-order valence-corrected chi connectivity index (χ1v) is 8.34. The molecule has 0 spiro atoms. The molecule has 0 saturated carbocycles. The minimum absolute atomic E-state index is 0.194. The molecule has 1 saturated heterocycles. The first-order chi connectivity index (χ1) is 10.0. The standard InChI is InChI=1S/C17H28ClN3/c1-4-14(19)11-13-5-6-16(12-17(13)18)21(3)15-7-9-20(2)10-8-15/h5-6,12,14-15H,4,7-11,19H2,1-3H3. The normalized spacial score (nSPS) is 18.7. The molecule has 0 bridgehead atoms. The summed E-state index contributed by atoms with van der Waals surface area (Å²) in [6, 6.07) is 7.22. The van der Waals surface area contributed by atoms with Crippen molar-refractivity contribution in [3.63, 3.8) is 0 Å². The van der Waals surface area contributed by atoms with Crippen molar-refractivity contribution in [1.29, 1.82) is 0 Å². The highest BCUT2D eigenvalue weighted by Gasteiger charge is 2.21. The molecule has 1 atom stereocenters. The molecule has 1 aliphatic rings. The Bertz CT molecular complexity index is 455. The summed E-state index contributed by atoms with van der Waals surface area (Å²) >= 11 is 6.45. The highest BCUT2D eigenvalue weighted by molar-refractivity contribution is 6.31. The van der Waals surface area contributed by atoms with E-state index in [-0.39, 0.29) is 6.04 Å². The predicted molar refractivity (Wildman–Crippen MR) is 92.3 cm³/mol. The van der Waals surface area contributed by atoms with E-state index in [1.54, 1.807) is 0 Å². The molecule has 2 N–H and O–H groups in total. The Balaban J connectivity index is 2.05. The van der Waals surface area contributed by atoms with Crippen molar-refractivity contribution < 1.29 is 0 Å². The maximum Gasteiger partial charge on any atom is 0.0459 e. The number of likely N-dealkylation sites (tertiary alicyclic amines) is 1. The number of halogens is 1. The lowest BCUT2D eigenvalue weighted by Gasteiger charge is -2.36. The molecular formula is C17H28ClN3. The second-order valence-electron chi connectivity index (χ2n) is 6.29. The third-order valence-electron chi connectivity index (χ3n) is 4.69. The summed E-state index contributed by atoms with van der Waals surface area (Å²) in [7, 11) is 4.37. The Labute approximate surface area is 134 Å². The smallest absolute Gasteiger partial charge is 0.0459 e. The largest absolute Gasteiger partial charge is 0.371 e. The summed E-state index contributed by atoms with van der Waals surface area (Å²) < 4.78 is 0. The van der Waals surface area contributed by atoms with E-state index < -0.39 is 0 Å². The van der Waals surface area contributed by atoms with Crippen LogP contribution in [0.2, 0.25) is 5.02 Å². The van der Waals surface area contributed by atoms with E-state index in [9.17, 15) is 0 Å². The van der Waals surface area contributed by atoms with Gasteiger partial charge in [0.05, 0.1) is 0 Å². The fraction of sp³-hybridized carbons (Fsp3) is 0.647. The van der Waals surface area contributed by atoms with Gasteiger partial charge in [-0.05, 0) is 63.5 Å². The number of nitrogens with zero attached hydrogens (tertiary/aromatic N) is 2. The number of hydrogen-bond donors (Lipinski definition) is 1. The van der Waals surface area contributed by atoms with Gasteiger partial charge in [0.2, 0.25) is 0 Å². The quantitative estimate of drug-likeness (QED) is 0.907. The molecule has 3 nitrogen and oxygen atoms in total. The molecule has 4 heteroatoms. The maximum absolute atomic E-state index is 6.45. The molecule has 1 fully saturated rings. The van der Waals surface area contributed by atoms with Gasteiger partial charge >= 0.3 is 0 Å². The predicted octanol–water partition coefficient (Wildman–Crippen LogP) is 3.15. The molecule has 21 heavy (non-hydrogen) atoms. The number of piperidine rings is 1. The molecule has 1 heterocycles. The van der Waals surface area contributed by atoms with Crippen molar-refractivity contribution >= 4 is 17.3 Å². The molecule has 1 aliphatic heterocycles. The molecule has 0 radical (unpaired) electrons. The molecule has 1 aromatic carbocycles. The molecule has 0 amide bonds. The van der Waals surface area contributed by atoms with Crippen molar-refractivity contribution in [2.24, 2.45) is 5.73 Å². The average molecular weight is 310 g/mol. The molecular weight excluding hydrogens is 282 g/mol. The summed E-state index contributed by atoms with van der Waals surface area (Å²) in [5.41, 5.74) is 8.40. The van der Waals surface area contributed by atoms with Gasteiger partial charge in [0.1, 0.15) is 0 Å². The highest BCUT2D eigenvalue weighted by atomic mass is 35.5. The van der Waals surface area contributed by atoms with Crippen LogP contribution in [0.4, 0.5) is 5.69 Å².